The molecule has 0 N–H and O–H groups in total. The Morgan fingerprint density at radius 2 is 0.929 bits per heavy atom. The fraction of sp³-hybridized carbons (Fsp3) is 0. The standard InChI is InChI=1S/C51H29N3O2/c1-2-12-32-26-36(21-20-30(32)10-1)49-52-50(40-18-9-15-31-11-5-6-16-37(31)40)54-51(53-49)48-38(35-22-24-44-41(28-35)39-17-7-8-19-43(39)55-44)23-25-45-47(48)42-27-33-13-3-4-14-34(33)29-46(42)56-45/h1-29H. The first kappa shape index (κ1) is 30.8. The van der Waals surface area contributed by atoms with E-state index in [0.29, 0.717) is 17.5 Å². The molecule has 0 unspecified atom stereocenters. The van der Waals surface area contributed by atoms with E-state index in [9.17, 15) is 0 Å². The monoisotopic (exact) mass is 715 g/mol. The molecule has 0 saturated carbocycles. The highest BCUT2D eigenvalue weighted by Crippen LogP contribution is 2.45. The van der Waals surface area contributed by atoms with Gasteiger partial charge in [-0.05, 0) is 92.0 Å². The summed E-state index contributed by atoms with van der Waals surface area (Å²) in [6.07, 6.45) is 0. The second-order valence-corrected chi connectivity index (χ2v) is 14.4. The zero-order valence-electron chi connectivity index (χ0n) is 29.9. The van der Waals surface area contributed by atoms with Crippen LogP contribution in [-0.4, -0.2) is 15.0 Å². The number of benzene rings is 9. The second kappa shape index (κ2) is 11.9. The Morgan fingerprint density at radius 3 is 1.80 bits per heavy atom. The Morgan fingerprint density at radius 1 is 0.304 bits per heavy atom. The predicted molar refractivity (Wildman–Crippen MR) is 229 cm³/mol. The third-order valence-corrected chi connectivity index (χ3v) is 11.1. The fourth-order valence-electron chi connectivity index (χ4n) is 8.41. The van der Waals surface area contributed by atoms with E-state index in [2.05, 4.69) is 164 Å². The molecule has 3 heterocycles. The lowest BCUT2D eigenvalue weighted by atomic mass is 9.93. The average molecular weight is 716 g/mol. The van der Waals surface area contributed by atoms with Gasteiger partial charge in [-0.25, -0.2) is 15.0 Å². The number of para-hydroxylation sites is 1. The summed E-state index contributed by atoms with van der Waals surface area (Å²) in [5.74, 6) is 1.77. The van der Waals surface area contributed by atoms with Crippen molar-refractivity contribution in [1.82, 2.24) is 15.0 Å². The van der Waals surface area contributed by atoms with Crippen LogP contribution in [0.2, 0.25) is 0 Å². The maximum absolute atomic E-state index is 6.68. The molecule has 260 valence electrons. The van der Waals surface area contributed by atoms with Crippen LogP contribution in [0, 0.1) is 0 Å². The first-order valence-electron chi connectivity index (χ1n) is 18.8. The largest absolute Gasteiger partial charge is 0.456 e. The summed E-state index contributed by atoms with van der Waals surface area (Å²) < 4.78 is 12.9. The van der Waals surface area contributed by atoms with Gasteiger partial charge < -0.3 is 8.83 Å². The molecule has 12 aromatic rings. The summed E-state index contributed by atoms with van der Waals surface area (Å²) in [6.45, 7) is 0. The van der Waals surface area contributed by atoms with Gasteiger partial charge in [0.05, 0.1) is 0 Å². The molecular weight excluding hydrogens is 687 g/mol. The zero-order chi connectivity index (χ0) is 36.7. The molecular formula is C51H29N3O2. The molecule has 0 spiro atoms. The van der Waals surface area contributed by atoms with Crippen molar-refractivity contribution in [1.29, 1.82) is 0 Å². The van der Waals surface area contributed by atoms with Crippen LogP contribution in [0.4, 0.5) is 0 Å². The molecule has 0 fully saturated rings. The minimum absolute atomic E-state index is 0.569. The molecule has 56 heavy (non-hydrogen) atoms. The minimum Gasteiger partial charge on any atom is -0.456 e. The Kier molecular flexibility index (Phi) is 6.56. The second-order valence-electron chi connectivity index (χ2n) is 14.4. The summed E-state index contributed by atoms with van der Waals surface area (Å²) >= 11 is 0. The lowest BCUT2D eigenvalue weighted by Gasteiger charge is -2.14. The third kappa shape index (κ3) is 4.78. The molecule has 5 nitrogen and oxygen atoms in total. The lowest BCUT2D eigenvalue weighted by Crippen LogP contribution is -2.02. The van der Waals surface area contributed by atoms with E-state index in [0.717, 1.165) is 104 Å². The number of rotatable bonds is 4. The summed E-state index contributed by atoms with van der Waals surface area (Å²) in [6, 6.07) is 61.1. The predicted octanol–water partition coefficient (Wildman–Crippen LogP) is 13.8. The first-order valence-corrected chi connectivity index (χ1v) is 18.8. The summed E-state index contributed by atoms with van der Waals surface area (Å²) in [5, 5.41) is 10.8. The van der Waals surface area contributed by atoms with Crippen LogP contribution < -0.4 is 0 Å². The molecule has 0 atom stereocenters. The normalized spacial score (nSPS) is 11.9. The van der Waals surface area contributed by atoms with Crippen molar-refractivity contribution >= 4 is 76.2 Å². The van der Waals surface area contributed by atoms with Gasteiger partial charge in [0, 0.05) is 38.2 Å². The first-order chi connectivity index (χ1) is 27.7. The Labute approximate surface area is 320 Å². The molecule has 0 saturated heterocycles. The van der Waals surface area contributed by atoms with Crippen LogP contribution in [0.1, 0.15) is 0 Å². The van der Waals surface area contributed by atoms with Crippen LogP contribution in [0.3, 0.4) is 0 Å². The molecule has 5 heteroatoms. The highest BCUT2D eigenvalue weighted by Gasteiger charge is 2.23. The van der Waals surface area contributed by atoms with Gasteiger partial charge in [0.1, 0.15) is 22.3 Å². The van der Waals surface area contributed by atoms with Crippen LogP contribution in [0.15, 0.2) is 185 Å². The zero-order valence-corrected chi connectivity index (χ0v) is 29.9. The summed E-state index contributed by atoms with van der Waals surface area (Å²) in [4.78, 5) is 16.0. The number of nitrogens with zero attached hydrogens (tertiary/aromatic N) is 3. The van der Waals surface area contributed by atoms with E-state index in [1.54, 1.807) is 0 Å². The summed E-state index contributed by atoms with van der Waals surface area (Å²) in [5.41, 5.74) is 8.03. The number of furan rings is 2. The van der Waals surface area contributed by atoms with Crippen molar-refractivity contribution in [2.75, 3.05) is 0 Å². The van der Waals surface area contributed by atoms with Gasteiger partial charge in [-0.3, -0.25) is 0 Å². The number of hydrogen-bond acceptors (Lipinski definition) is 5. The van der Waals surface area contributed by atoms with Gasteiger partial charge in [0.2, 0.25) is 0 Å². The third-order valence-electron chi connectivity index (χ3n) is 11.1. The smallest absolute Gasteiger partial charge is 0.165 e. The molecule has 0 aliphatic rings. The maximum atomic E-state index is 6.68. The van der Waals surface area contributed by atoms with Crippen molar-refractivity contribution in [3.8, 4) is 45.3 Å². The molecule has 0 aliphatic heterocycles. The molecule has 0 aliphatic carbocycles. The van der Waals surface area contributed by atoms with E-state index in [-0.39, 0.29) is 0 Å². The minimum atomic E-state index is 0.569. The highest BCUT2D eigenvalue weighted by molar-refractivity contribution is 6.18. The van der Waals surface area contributed by atoms with Gasteiger partial charge in [-0.15, -0.1) is 0 Å². The molecule has 0 amide bonds. The number of fused-ring (bicyclic) bond motifs is 9. The number of hydrogen-bond donors (Lipinski definition) is 0. The van der Waals surface area contributed by atoms with Crippen LogP contribution >= 0.6 is 0 Å². The van der Waals surface area contributed by atoms with E-state index in [1.807, 2.05) is 12.1 Å². The Bertz CT molecular complexity index is 3550. The van der Waals surface area contributed by atoms with Crippen molar-refractivity contribution in [2.24, 2.45) is 0 Å². The Balaban J connectivity index is 1.21. The molecule has 3 aromatic heterocycles. The molecule has 9 aromatic carbocycles. The van der Waals surface area contributed by atoms with Crippen molar-refractivity contribution < 1.29 is 8.83 Å². The van der Waals surface area contributed by atoms with Crippen molar-refractivity contribution in [3.05, 3.63) is 176 Å². The molecule has 0 radical (unpaired) electrons. The van der Waals surface area contributed by atoms with Crippen LogP contribution in [0.5, 0.6) is 0 Å². The van der Waals surface area contributed by atoms with Crippen molar-refractivity contribution in [3.63, 3.8) is 0 Å². The van der Waals surface area contributed by atoms with Gasteiger partial charge in [-0.2, -0.15) is 0 Å². The van der Waals surface area contributed by atoms with E-state index in [4.69, 9.17) is 23.8 Å². The van der Waals surface area contributed by atoms with Crippen molar-refractivity contribution in [2.45, 2.75) is 0 Å². The van der Waals surface area contributed by atoms with Crippen LogP contribution in [-0.2, 0) is 0 Å². The van der Waals surface area contributed by atoms with Gasteiger partial charge in [-0.1, -0.05) is 127 Å². The quantitative estimate of drug-likeness (QED) is 0.181. The molecule has 0 bridgehead atoms. The topological polar surface area (TPSA) is 65.0 Å². The fourth-order valence-corrected chi connectivity index (χ4v) is 8.41. The highest BCUT2D eigenvalue weighted by atomic mass is 16.3. The lowest BCUT2D eigenvalue weighted by molar-refractivity contribution is 0.668. The average Bonchev–Trinajstić information content (AvgIpc) is 3.82. The number of aromatic nitrogens is 3. The summed E-state index contributed by atoms with van der Waals surface area (Å²) in [7, 11) is 0. The van der Waals surface area contributed by atoms with Gasteiger partial charge in [0.15, 0.2) is 17.5 Å². The molecule has 12 rings (SSSR count). The van der Waals surface area contributed by atoms with Gasteiger partial charge in [0.25, 0.3) is 0 Å². The van der Waals surface area contributed by atoms with E-state index < -0.39 is 0 Å². The van der Waals surface area contributed by atoms with E-state index >= 15 is 0 Å². The maximum Gasteiger partial charge on any atom is 0.165 e. The Hall–Kier alpha value is -7.63. The van der Waals surface area contributed by atoms with E-state index in [1.165, 1.54) is 0 Å². The van der Waals surface area contributed by atoms with Gasteiger partial charge >= 0.3 is 0 Å². The van der Waals surface area contributed by atoms with Crippen LogP contribution in [0.25, 0.3) is 121 Å². The SMILES string of the molecule is c1ccc2cc(-c3nc(-c4cccc5ccccc45)nc(-c4c(-c5ccc6oc7ccccc7c6c5)ccc5oc6cc7ccccc7cc6c45)n3)ccc2c1.